The largest absolute Gasteiger partial charge is 0.333 e. The van der Waals surface area contributed by atoms with Crippen LogP contribution in [0.15, 0.2) is 55.1 Å². The van der Waals surface area contributed by atoms with E-state index in [1.165, 1.54) is 24.5 Å². The molecule has 0 spiro atoms. The molecule has 0 aliphatic heterocycles. The number of halogens is 2. The molecule has 0 aliphatic carbocycles. The van der Waals surface area contributed by atoms with E-state index in [0.29, 0.717) is 11.6 Å². The molecule has 3 aromatic rings. The molecular formula is C19H19Cl2N4O5P. The van der Waals surface area contributed by atoms with E-state index < -0.39 is 19.2 Å². The first-order valence-corrected chi connectivity index (χ1v) is 11.5. The van der Waals surface area contributed by atoms with Gasteiger partial charge in [0.2, 0.25) is 0 Å². The Bertz CT molecular complexity index is 1090. The minimum Gasteiger partial charge on any atom is -0.324 e. The fraction of sp³-hybridized carbons (Fsp3) is 0.211. The predicted octanol–water partition coefficient (Wildman–Crippen LogP) is 3.77. The zero-order chi connectivity index (χ0) is 22.6. The Labute approximate surface area is 188 Å². The van der Waals surface area contributed by atoms with Crippen molar-refractivity contribution in [2.24, 2.45) is 0 Å². The standard InChI is InChI=1S/C19H19Cl2N4O5P/c20-16-6-5-15(9-17(16)21)18(31(28,29)30)7-8-25(27)19(26)14-3-1-13(2-4-14)10-24-12-22-11-23-24/h1-6,9,11-12,18,27H,7-8,10H2,(H2,28,29,30). The van der Waals surface area contributed by atoms with E-state index in [1.807, 2.05) is 0 Å². The fourth-order valence-corrected chi connectivity index (χ4v) is 4.31. The Morgan fingerprint density at radius 1 is 1.13 bits per heavy atom. The molecule has 1 atom stereocenters. The van der Waals surface area contributed by atoms with Gasteiger partial charge in [-0.05, 0) is 41.8 Å². The van der Waals surface area contributed by atoms with Crippen molar-refractivity contribution in [3.05, 3.63) is 81.9 Å². The van der Waals surface area contributed by atoms with E-state index in [1.54, 1.807) is 35.3 Å². The second-order valence-corrected chi connectivity index (χ2v) is 9.40. The lowest BCUT2D eigenvalue weighted by Gasteiger charge is -2.22. The molecule has 3 N–H and O–H groups in total. The Morgan fingerprint density at radius 3 is 2.42 bits per heavy atom. The summed E-state index contributed by atoms with van der Waals surface area (Å²) in [6.07, 6.45) is 2.80. The molecule has 0 saturated heterocycles. The van der Waals surface area contributed by atoms with Crippen molar-refractivity contribution in [2.45, 2.75) is 18.6 Å². The second-order valence-electron chi connectivity index (χ2n) is 6.79. The summed E-state index contributed by atoms with van der Waals surface area (Å²) in [6.45, 7) is 0.181. The zero-order valence-electron chi connectivity index (χ0n) is 16.0. The third kappa shape index (κ3) is 6.13. The predicted molar refractivity (Wildman–Crippen MR) is 114 cm³/mol. The van der Waals surface area contributed by atoms with E-state index >= 15 is 0 Å². The van der Waals surface area contributed by atoms with Gasteiger partial charge in [-0.25, -0.2) is 14.7 Å². The van der Waals surface area contributed by atoms with Gasteiger partial charge in [0.1, 0.15) is 12.7 Å². The van der Waals surface area contributed by atoms with Crippen molar-refractivity contribution >= 4 is 36.7 Å². The third-order valence-corrected chi connectivity index (χ3v) is 6.70. The molecule has 0 radical (unpaired) electrons. The summed E-state index contributed by atoms with van der Waals surface area (Å²) in [6, 6.07) is 10.8. The second kappa shape index (κ2) is 9.91. The number of amides is 1. The Morgan fingerprint density at radius 2 is 1.84 bits per heavy atom. The molecule has 0 fully saturated rings. The van der Waals surface area contributed by atoms with Crippen LogP contribution in [0.4, 0.5) is 0 Å². The van der Waals surface area contributed by atoms with Crippen molar-refractivity contribution < 1.29 is 24.4 Å². The van der Waals surface area contributed by atoms with Gasteiger partial charge in [0.05, 0.1) is 22.2 Å². The number of rotatable bonds is 8. The van der Waals surface area contributed by atoms with Crippen LogP contribution in [0, 0.1) is 0 Å². The van der Waals surface area contributed by atoms with Crippen LogP contribution < -0.4 is 0 Å². The molecule has 3 rings (SSSR count). The van der Waals surface area contributed by atoms with Crippen molar-refractivity contribution in [2.75, 3.05) is 6.54 Å². The molecule has 12 heteroatoms. The molecule has 0 aliphatic rings. The van der Waals surface area contributed by atoms with E-state index in [9.17, 15) is 24.4 Å². The maximum atomic E-state index is 12.5. The van der Waals surface area contributed by atoms with Gasteiger partial charge in [0.25, 0.3) is 5.91 Å². The van der Waals surface area contributed by atoms with Crippen molar-refractivity contribution in [1.29, 1.82) is 0 Å². The fourth-order valence-electron chi connectivity index (χ4n) is 3.00. The first kappa shape index (κ1) is 23.4. The van der Waals surface area contributed by atoms with Gasteiger partial charge >= 0.3 is 7.60 Å². The van der Waals surface area contributed by atoms with Crippen LogP contribution in [0.2, 0.25) is 10.0 Å². The number of benzene rings is 2. The van der Waals surface area contributed by atoms with Gasteiger partial charge in [0.15, 0.2) is 0 Å². The molecule has 31 heavy (non-hydrogen) atoms. The quantitative estimate of drug-likeness (QED) is 0.252. The van der Waals surface area contributed by atoms with Crippen molar-refractivity contribution in [3.8, 4) is 0 Å². The highest BCUT2D eigenvalue weighted by Crippen LogP contribution is 2.54. The number of hydrogen-bond acceptors (Lipinski definition) is 5. The van der Waals surface area contributed by atoms with Crippen LogP contribution in [-0.2, 0) is 11.1 Å². The van der Waals surface area contributed by atoms with Crippen LogP contribution in [-0.4, -0.2) is 47.3 Å². The lowest BCUT2D eigenvalue weighted by Crippen LogP contribution is -2.29. The smallest absolute Gasteiger partial charge is 0.324 e. The number of hydrogen-bond donors (Lipinski definition) is 3. The van der Waals surface area contributed by atoms with E-state index in [0.717, 1.165) is 5.56 Å². The van der Waals surface area contributed by atoms with E-state index in [4.69, 9.17) is 23.2 Å². The number of nitrogens with zero attached hydrogens (tertiary/aromatic N) is 4. The molecule has 1 unspecified atom stereocenters. The summed E-state index contributed by atoms with van der Waals surface area (Å²) >= 11 is 11.8. The number of aromatic nitrogens is 3. The highest BCUT2D eigenvalue weighted by molar-refractivity contribution is 7.52. The number of carbonyl (C=O) groups excluding carboxylic acids is 1. The molecule has 1 aromatic heterocycles. The first-order chi connectivity index (χ1) is 14.6. The average Bonchev–Trinajstić information content (AvgIpc) is 3.22. The molecule has 2 aromatic carbocycles. The van der Waals surface area contributed by atoms with Gasteiger partial charge in [-0.1, -0.05) is 41.4 Å². The normalized spacial score (nSPS) is 12.5. The number of carbonyl (C=O) groups is 1. The summed E-state index contributed by atoms with van der Waals surface area (Å²) in [5, 5.41) is 15.0. The monoisotopic (exact) mass is 484 g/mol. The molecule has 0 saturated carbocycles. The summed E-state index contributed by atoms with van der Waals surface area (Å²) in [5.74, 6) is -0.689. The Kier molecular flexibility index (Phi) is 7.48. The summed E-state index contributed by atoms with van der Waals surface area (Å²) in [4.78, 5) is 35.8. The van der Waals surface area contributed by atoms with Crippen molar-refractivity contribution in [1.82, 2.24) is 19.8 Å². The minimum atomic E-state index is -4.59. The summed E-state index contributed by atoms with van der Waals surface area (Å²) in [5.41, 5.74) is 0.121. The maximum Gasteiger partial charge on any atom is 0.333 e. The highest BCUT2D eigenvalue weighted by atomic mass is 35.5. The molecule has 164 valence electrons. The van der Waals surface area contributed by atoms with E-state index in [-0.39, 0.29) is 34.1 Å². The Balaban J connectivity index is 1.66. The first-order valence-electron chi connectivity index (χ1n) is 9.07. The molecule has 1 heterocycles. The van der Waals surface area contributed by atoms with Gasteiger partial charge in [0, 0.05) is 12.1 Å². The summed E-state index contributed by atoms with van der Waals surface area (Å²) < 4.78 is 13.6. The SMILES string of the molecule is O=C(c1ccc(Cn2cncn2)cc1)N(O)CCC(c1ccc(Cl)c(Cl)c1)P(=O)(O)O. The molecule has 1 amide bonds. The molecule has 0 bridgehead atoms. The third-order valence-electron chi connectivity index (χ3n) is 4.60. The maximum absolute atomic E-state index is 12.5. The van der Waals surface area contributed by atoms with Crippen LogP contribution >= 0.6 is 30.8 Å². The number of hydroxylamine groups is 2. The average molecular weight is 485 g/mol. The minimum absolute atomic E-state index is 0.153. The topological polar surface area (TPSA) is 129 Å². The zero-order valence-corrected chi connectivity index (χ0v) is 18.5. The van der Waals surface area contributed by atoms with E-state index in [2.05, 4.69) is 10.1 Å². The van der Waals surface area contributed by atoms with Gasteiger partial charge in [-0.2, -0.15) is 5.10 Å². The van der Waals surface area contributed by atoms with Gasteiger partial charge < -0.3 is 9.79 Å². The van der Waals surface area contributed by atoms with Gasteiger partial charge in [-0.3, -0.25) is 14.6 Å². The van der Waals surface area contributed by atoms with Crippen LogP contribution in [0.1, 0.15) is 33.6 Å². The van der Waals surface area contributed by atoms with Crippen LogP contribution in [0.5, 0.6) is 0 Å². The lowest BCUT2D eigenvalue weighted by atomic mass is 10.1. The van der Waals surface area contributed by atoms with Crippen molar-refractivity contribution in [3.63, 3.8) is 0 Å². The Hall–Kier alpha value is -2.26. The summed E-state index contributed by atoms with van der Waals surface area (Å²) in [7, 11) is -4.59. The highest BCUT2D eigenvalue weighted by Gasteiger charge is 2.31. The molecule has 9 nitrogen and oxygen atoms in total. The lowest BCUT2D eigenvalue weighted by molar-refractivity contribution is -0.0589. The van der Waals surface area contributed by atoms with Crippen LogP contribution in [0.3, 0.4) is 0 Å². The molecular weight excluding hydrogens is 466 g/mol. The van der Waals surface area contributed by atoms with Crippen LogP contribution in [0.25, 0.3) is 0 Å². The van der Waals surface area contributed by atoms with Gasteiger partial charge in [-0.15, -0.1) is 0 Å².